The van der Waals surface area contributed by atoms with Gasteiger partial charge in [-0.1, -0.05) is 36.4 Å². The molecular formula is C22H20INO2. The molecule has 26 heavy (non-hydrogen) atoms. The van der Waals surface area contributed by atoms with Crippen molar-refractivity contribution >= 4 is 34.2 Å². The zero-order chi connectivity index (χ0) is 18.5. The molecule has 0 heterocycles. The van der Waals surface area contributed by atoms with Gasteiger partial charge in [0.05, 0.1) is 0 Å². The molecule has 1 N–H and O–H groups in total. The maximum Gasteiger partial charge on any atom is 0.255 e. The summed E-state index contributed by atoms with van der Waals surface area (Å²) in [7, 11) is 0. The van der Waals surface area contributed by atoms with Crippen molar-refractivity contribution in [1.29, 1.82) is 0 Å². The van der Waals surface area contributed by atoms with Crippen LogP contribution in [-0.2, 0) is 6.61 Å². The fraction of sp³-hybridized carbons (Fsp3) is 0.136. The molecule has 3 rings (SSSR count). The van der Waals surface area contributed by atoms with E-state index in [2.05, 4.69) is 27.9 Å². The normalized spacial score (nSPS) is 10.4. The first-order valence-electron chi connectivity index (χ1n) is 8.38. The fourth-order valence-corrected chi connectivity index (χ4v) is 3.00. The molecular weight excluding hydrogens is 437 g/mol. The Kier molecular flexibility index (Phi) is 5.93. The summed E-state index contributed by atoms with van der Waals surface area (Å²) < 4.78 is 7.03. The van der Waals surface area contributed by atoms with Crippen LogP contribution < -0.4 is 10.1 Å². The highest BCUT2D eigenvalue weighted by molar-refractivity contribution is 14.1. The smallest absolute Gasteiger partial charge is 0.255 e. The fourth-order valence-electron chi connectivity index (χ4n) is 2.69. The average molecular weight is 457 g/mol. The highest BCUT2D eigenvalue weighted by Crippen LogP contribution is 2.23. The lowest BCUT2D eigenvalue weighted by Gasteiger charge is -2.11. The molecule has 0 radical (unpaired) electrons. The number of benzene rings is 3. The average Bonchev–Trinajstić information content (AvgIpc) is 2.65. The number of halogens is 1. The molecule has 3 nitrogen and oxygen atoms in total. The van der Waals surface area contributed by atoms with Crippen LogP contribution in [0.1, 0.15) is 27.0 Å². The summed E-state index contributed by atoms with van der Waals surface area (Å²) in [6.45, 7) is 4.56. The molecule has 0 aliphatic heterocycles. The lowest BCUT2D eigenvalue weighted by atomic mass is 10.1. The van der Waals surface area contributed by atoms with E-state index in [0.29, 0.717) is 17.9 Å². The number of aryl methyl sites for hydroxylation is 2. The molecule has 0 bridgehead atoms. The standard InChI is InChI=1S/C22H20INO2/c1-15-11-19(12-16(2)21(15)23)24-22(25)18-9-6-10-20(13-18)26-14-17-7-4-3-5-8-17/h3-13H,14H2,1-2H3,(H,24,25). The van der Waals surface area contributed by atoms with Crippen LogP contribution >= 0.6 is 22.6 Å². The summed E-state index contributed by atoms with van der Waals surface area (Å²) in [6, 6.07) is 21.2. The Balaban J connectivity index is 1.70. The van der Waals surface area contributed by atoms with E-state index >= 15 is 0 Å². The Labute approximate surface area is 167 Å². The number of carbonyl (C=O) groups excluding carboxylic acids is 1. The first-order valence-corrected chi connectivity index (χ1v) is 9.45. The van der Waals surface area contributed by atoms with Crippen LogP contribution in [0.2, 0.25) is 0 Å². The van der Waals surface area contributed by atoms with Gasteiger partial charge in [-0.2, -0.15) is 0 Å². The summed E-state index contributed by atoms with van der Waals surface area (Å²) in [4.78, 5) is 12.6. The van der Waals surface area contributed by atoms with Crippen molar-refractivity contribution in [3.8, 4) is 5.75 Å². The summed E-state index contributed by atoms with van der Waals surface area (Å²) >= 11 is 2.32. The quantitative estimate of drug-likeness (QED) is 0.497. The predicted octanol–water partition coefficient (Wildman–Crippen LogP) is 5.74. The van der Waals surface area contributed by atoms with Crippen LogP contribution in [0.4, 0.5) is 5.69 Å². The first kappa shape index (κ1) is 18.5. The summed E-state index contributed by atoms with van der Waals surface area (Å²) in [5.41, 5.74) is 4.78. The summed E-state index contributed by atoms with van der Waals surface area (Å²) in [6.07, 6.45) is 0. The molecule has 4 heteroatoms. The second-order valence-electron chi connectivity index (χ2n) is 6.18. The lowest BCUT2D eigenvalue weighted by Crippen LogP contribution is -2.12. The Hall–Kier alpha value is -2.34. The number of carbonyl (C=O) groups is 1. The highest BCUT2D eigenvalue weighted by Gasteiger charge is 2.09. The van der Waals surface area contributed by atoms with Crippen molar-refractivity contribution in [2.75, 3.05) is 5.32 Å². The van der Waals surface area contributed by atoms with Crippen LogP contribution in [0.25, 0.3) is 0 Å². The minimum atomic E-state index is -0.143. The van der Waals surface area contributed by atoms with E-state index < -0.39 is 0 Å². The van der Waals surface area contributed by atoms with Gasteiger partial charge in [-0.05, 0) is 83.5 Å². The molecule has 1 amide bonds. The molecule has 0 aromatic heterocycles. The van der Waals surface area contributed by atoms with Gasteiger partial charge in [-0.15, -0.1) is 0 Å². The van der Waals surface area contributed by atoms with Gasteiger partial charge >= 0.3 is 0 Å². The molecule has 0 aliphatic rings. The molecule has 0 saturated heterocycles. The third kappa shape index (κ3) is 4.64. The van der Waals surface area contributed by atoms with Gasteiger partial charge in [0.1, 0.15) is 12.4 Å². The van der Waals surface area contributed by atoms with Crippen molar-refractivity contribution in [3.05, 3.63) is 92.6 Å². The van der Waals surface area contributed by atoms with Crippen molar-refractivity contribution in [3.63, 3.8) is 0 Å². The third-order valence-electron chi connectivity index (χ3n) is 4.04. The van der Waals surface area contributed by atoms with Crippen LogP contribution in [-0.4, -0.2) is 5.91 Å². The maximum atomic E-state index is 12.6. The summed E-state index contributed by atoms with van der Waals surface area (Å²) in [5.74, 6) is 0.534. The van der Waals surface area contributed by atoms with Crippen molar-refractivity contribution in [2.24, 2.45) is 0 Å². The van der Waals surface area contributed by atoms with Gasteiger partial charge in [0, 0.05) is 14.8 Å². The molecule has 132 valence electrons. The highest BCUT2D eigenvalue weighted by atomic mass is 127. The Morgan fingerprint density at radius 2 is 1.65 bits per heavy atom. The van der Waals surface area contributed by atoms with Gasteiger partial charge in [0.25, 0.3) is 5.91 Å². The number of nitrogens with one attached hydrogen (secondary N) is 1. The molecule has 3 aromatic rings. The maximum absolute atomic E-state index is 12.6. The van der Waals surface area contributed by atoms with E-state index in [1.54, 1.807) is 12.1 Å². The number of hydrogen-bond donors (Lipinski definition) is 1. The van der Waals surface area contributed by atoms with Gasteiger partial charge in [-0.25, -0.2) is 0 Å². The molecule has 0 spiro atoms. The molecule has 0 unspecified atom stereocenters. The van der Waals surface area contributed by atoms with E-state index in [4.69, 9.17) is 4.74 Å². The number of ether oxygens (including phenoxy) is 1. The molecule has 3 aromatic carbocycles. The van der Waals surface area contributed by atoms with E-state index in [1.807, 2.05) is 68.4 Å². The third-order valence-corrected chi connectivity index (χ3v) is 5.74. The van der Waals surface area contributed by atoms with Crippen molar-refractivity contribution in [1.82, 2.24) is 0 Å². The van der Waals surface area contributed by atoms with E-state index in [0.717, 1.165) is 22.4 Å². The van der Waals surface area contributed by atoms with E-state index in [-0.39, 0.29) is 5.91 Å². The van der Waals surface area contributed by atoms with Crippen LogP contribution in [0.3, 0.4) is 0 Å². The Bertz CT molecular complexity index is 899. The number of amides is 1. The second-order valence-corrected chi connectivity index (χ2v) is 7.26. The first-order chi connectivity index (χ1) is 12.5. The monoisotopic (exact) mass is 457 g/mol. The molecule has 0 saturated carbocycles. The zero-order valence-corrected chi connectivity index (χ0v) is 16.9. The molecule has 0 atom stereocenters. The topological polar surface area (TPSA) is 38.3 Å². The van der Waals surface area contributed by atoms with Crippen LogP contribution in [0.5, 0.6) is 5.75 Å². The second kappa shape index (κ2) is 8.36. The SMILES string of the molecule is Cc1cc(NC(=O)c2cccc(OCc3ccccc3)c2)cc(C)c1I. The van der Waals surface area contributed by atoms with Crippen LogP contribution in [0, 0.1) is 17.4 Å². The van der Waals surface area contributed by atoms with Crippen molar-refractivity contribution in [2.45, 2.75) is 20.5 Å². The number of anilines is 1. The minimum Gasteiger partial charge on any atom is -0.489 e. The molecule has 0 aliphatic carbocycles. The van der Waals surface area contributed by atoms with Gasteiger partial charge in [0.2, 0.25) is 0 Å². The van der Waals surface area contributed by atoms with Crippen LogP contribution in [0.15, 0.2) is 66.7 Å². The van der Waals surface area contributed by atoms with Gasteiger partial charge in [-0.3, -0.25) is 4.79 Å². The molecule has 0 fully saturated rings. The van der Waals surface area contributed by atoms with Crippen molar-refractivity contribution < 1.29 is 9.53 Å². The van der Waals surface area contributed by atoms with E-state index in [9.17, 15) is 4.79 Å². The van der Waals surface area contributed by atoms with Gasteiger partial charge < -0.3 is 10.1 Å². The van der Waals surface area contributed by atoms with E-state index in [1.165, 1.54) is 3.57 Å². The summed E-state index contributed by atoms with van der Waals surface area (Å²) in [5, 5.41) is 2.97. The number of hydrogen-bond acceptors (Lipinski definition) is 2. The zero-order valence-electron chi connectivity index (χ0n) is 14.8. The van der Waals surface area contributed by atoms with Gasteiger partial charge in [0.15, 0.2) is 0 Å². The minimum absolute atomic E-state index is 0.143. The Morgan fingerprint density at radius 3 is 2.35 bits per heavy atom. The predicted molar refractivity (Wildman–Crippen MR) is 114 cm³/mol. The number of rotatable bonds is 5. The largest absolute Gasteiger partial charge is 0.489 e. The lowest BCUT2D eigenvalue weighted by molar-refractivity contribution is 0.102. The Morgan fingerprint density at radius 1 is 0.962 bits per heavy atom.